The molecule has 0 saturated heterocycles. The maximum atomic E-state index is 6.94. The zero-order valence-electron chi connectivity index (χ0n) is 19.2. The van der Waals surface area contributed by atoms with Gasteiger partial charge >= 0.3 is 0 Å². The number of ether oxygens (including phenoxy) is 1. The molecule has 160 valence electrons. The smallest absolute Gasteiger partial charge is 0.119 e. The van der Waals surface area contributed by atoms with Crippen molar-refractivity contribution in [3.05, 3.63) is 102 Å². The van der Waals surface area contributed by atoms with Crippen LogP contribution >= 0.6 is 0 Å². The summed E-state index contributed by atoms with van der Waals surface area (Å²) in [6.45, 7) is 9.60. The molecular weight excluding hydrogens is 376 g/mol. The van der Waals surface area contributed by atoms with E-state index in [2.05, 4.69) is 113 Å². The largest absolute Gasteiger partial charge is 0.490 e. The van der Waals surface area contributed by atoms with Gasteiger partial charge in [0.1, 0.15) is 11.9 Å². The van der Waals surface area contributed by atoms with Crippen molar-refractivity contribution in [3.63, 3.8) is 0 Å². The molecule has 2 aliphatic rings. The van der Waals surface area contributed by atoms with Crippen LogP contribution in [0.2, 0.25) is 0 Å². The summed E-state index contributed by atoms with van der Waals surface area (Å²) in [5.74, 6) is 2.42. The zero-order valence-corrected chi connectivity index (χ0v) is 19.2. The molecule has 2 fully saturated rings. The van der Waals surface area contributed by atoms with Gasteiger partial charge in [-0.15, -0.1) is 0 Å². The van der Waals surface area contributed by atoms with Crippen LogP contribution in [0.5, 0.6) is 5.75 Å². The third kappa shape index (κ3) is 3.21. The Bertz CT molecular complexity index is 982. The summed E-state index contributed by atoms with van der Waals surface area (Å²) in [5, 5.41) is 0. The Morgan fingerprint density at radius 2 is 1.32 bits per heavy atom. The van der Waals surface area contributed by atoms with Crippen LogP contribution in [-0.2, 0) is 0 Å². The second-order valence-corrected chi connectivity index (χ2v) is 10.5. The first kappa shape index (κ1) is 20.4. The molecule has 1 heteroatoms. The van der Waals surface area contributed by atoms with Gasteiger partial charge in [0.25, 0.3) is 0 Å². The maximum Gasteiger partial charge on any atom is 0.119 e. The Balaban J connectivity index is 1.63. The van der Waals surface area contributed by atoms with Crippen LogP contribution in [0, 0.1) is 29.6 Å². The number of hydrogen-bond donors (Lipinski definition) is 0. The van der Waals surface area contributed by atoms with Gasteiger partial charge in [-0.1, -0.05) is 99.1 Å². The van der Waals surface area contributed by atoms with Crippen molar-refractivity contribution in [2.45, 2.75) is 52.6 Å². The Hall–Kier alpha value is -2.54. The van der Waals surface area contributed by atoms with E-state index in [4.69, 9.17) is 4.74 Å². The average Bonchev–Trinajstić information content (AvgIpc) is 3.10. The number of rotatable bonds is 5. The standard InChI is InChI=1S/C30H34O/c1-21-15-17-24(18-16-21)31-28-27(25-19-20-30(28,4)29(25,2)3)26(22-11-7-5-8-12-22)23-13-9-6-10-14-23/h5-18,25-28H,19-20H2,1-4H3/t25-,27+,28-,30+/m1/s1. The third-order valence-electron chi connectivity index (χ3n) is 8.80. The third-order valence-corrected chi connectivity index (χ3v) is 8.80. The molecule has 4 atom stereocenters. The van der Waals surface area contributed by atoms with E-state index < -0.39 is 0 Å². The van der Waals surface area contributed by atoms with Crippen molar-refractivity contribution < 1.29 is 4.74 Å². The first-order valence-corrected chi connectivity index (χ1v) is 11.7. The van der Waals surface area contributed by atoms with Crippen molar-refractivity contribution in [2.75, 3.05) is 0 Å². The van der Waals surface area contributed by atoms with E-state index in [1.807, 2.05) is 0 Å². The summed E-state index contributed by atoms with van der Waals surface area (Å²) in [7, 11) is 0. The summed E-state index contributed by atoms with van der Waals surface area (Å²) in [5.41, 5.74) is 4.49. The van der Waals surface area contributed by atoms with Gasteiger partial charge in [-0.2, -0.15) is 0 Å². The van der Waals surface area contributed by atoms with Gasteiger partial charge < -0.3 is 4.74 Å². The van der Waals surface area contributed by atoms with E-state index in [0.29, 0.717) is 17.8 Å². The number of benzene rings is 3. The van der Waals surface area contributed by atoms with Gasteiger partial charge in [-0.3, -0.25) is 0 Å². The first-order chi connectivity index (χ1) is 14.9. The van der Waals surface area contributed by atoms with Crippen LogP contribution in [0.1, 0.15) is 56.2 Å². The van der Waals surface area contributed by atoms with Gasteiger partial charge in [-0.25, -0.2) is 0 Å². The molecule has 31 heavy (non-hydrogen) atoms. The van der Waals surface area contributed by atoms with Crippen LogP contribution in [0.15, 0.2) is 84.9 Å². The second kappa shape index (κ2) is 7.55. The lowest BCUT2D eigenvalue weighted by atomic mass is 9.68. The van der Waals surface area contributed by atoms with E-state index >= 15 is 0 Å². The molecule has 1 nitrogen and oxygen atoms in total. The molecule has 0 radical (unpaired) electrons. The van der Waals surface area contributed by atoms with Crippen LogP contribution < -0.4 is 4.74 Å². The van der Waals surface area contributed by atoms with E-state index in [-0.39, 0.29) is 16.9 Å². The minimum absolute atomic E-state index is 0.162. The quantitative estimate of drug-likeness (QED) is 0.420. The van der Waals surface area contributed by atoms with Gasteiger partial charge in [-0.05, 0) is 54.4 Å². The minimum atomic E-state index is 0.162. The Morgan fingerprint density at radius 1 is 0.774 bits per heavy atom. The summed E-state index contributed by atoms with van der Waals surface area (Å²) in [6.07, 6.45) is 2.72. The fourth-order valence-corrected chi connectivity index (χ4v) is 6.72. The van der Waals surface area contributed by atoms with Crippen LogP contribution in [0.4, 0.5) is 0 Å². The highest BCUT2D eigenvalue weighted by atomic mass is 16.5. The molecule has 5 rings (SSSR count). The van der Waals surface area contributed by atoms with Crippen LogP contribution in [-0.4, -0.2) is 6.10 Å². The molecule has 2 saturated carbocycles. The monoisotopic (exact) mass is 410 g/mol. The molecule has 3 aromatic rings. The molecule has 0 amide bonds. The topological polar surface area (TPSA) is 9.23 Å². The average molecular weight is 411 g/mol. The van der Waals surface area contributed by atoms with Gasteiger partial charge in [0.05, 0.1) is 0 Å². The number of hydrogen-bond acceptors (Lipinski definition) is 1. The van der Waals surface area contributed by atoms with Crippen molar-refractivity contribution in [1.82, 2.24) is 0 Å². The van der Waals surface area contributed by atoms with E-state index in [1.54, 1.807) is 0 Å². The molecule has 2 bridgehead atoms. The van der Waals surface area contributed by atoms with Crippen LogP contribution in [0.3, 0.4) is 0 Å². The van der Waals surface area contributed by atoms with Gasteiger partial charge in [0, 0.05) is 17.3 Å². The predicted molar refractivity (Wildman–Crippen MR) is 128 cm³/mol. The molecular formula is C30H34O. The Kier molecular flexibility index (Phi) is 4.96. The van der Waals surface area contributed by atoms with Gasteiger partial charge in [0.2, 0.25) is 0 Å². The summed E-state index contributed by atoms with van der Waals surface area (Å²) in [4.78, 5) is 0. The maximum absolute atomic E-state index is 6.94. The van der Waals surface area contributed by atoms with Crippen molar-refractivity contribution >= 4 is 0 Å². The zero-order chi connectivity index (χ0) is 21.6. The lowest BCUT2D eigenvalue weighted by molar-refractivity contribution is 0.00536. The molecule has 3 aromatic carbocycles. The van der Waals surface area contributed by atoms with Crippen molar-refractivity contribution in [1.29, 1.82) is 0 Å². The lowest BCUT2D eigenvalue weighted by Gasteiger charge is -2.42. The molecule has 0 aliphatic heterocycles. The second-order valence-electron chi connectivity index (χ2n) is 10.5. The molecule has 0 heterocycles. The highest BCUT2D eigenvalue weighted by Crippen LogP contribution is 2.71. The fourth-order valence-electron chi connectivity index (χ4n) is 6.72. The highest BCUT2D eigenvalue weighted by Gasteiger charge is 2.68. The first-order valence-electron chi connectivity index (χ1n) is 11.7. The molecule has 0 unspecified atom stereocenters. The van der Waals surface area contributed by atoms with E-state index in [1.165, 1.54) is 29.5 Å². The Morgan fingerprint density at radius 3 is 1.87 bits per heavy atom. The van der Waals surface area contributed by atoms with Crippen LogP contribution in [0.25, 0.3) is 0 Å². The molecule has 0 spiro atoms. The van der Waals surface area contributed by atoms with E-state index in [0.717, 1.165) is 5.75 Å². The van der Waals surface area contributed by atoms with Crippen molar-refractivity contribution in [3.8, 4) is 5.75 Å². The fraction of sp³-hybridized carbons (Fsp3) is 0.400. The Labute approximate surface area is 187 Å². The van der Waals surface area contributed by atoms with E-state index in [9.17, 15) is 0 Å². The van der Waals surface area contributed by atoms with Gasteiger partial charge in [0.15, 0.2) is 0 Å². The summed E-state index contributed by atoms with van der Waals surface area (Å²) in [6, 6.07) is 30.8. The SMILES string of the molecule is Cc1ccc(O[C@@H]2[C@H](C(c3ccccc3)c3ccccc3)[C@H]3CC[C@]2(C)C3(C)C)cc1. The summed E-state index contributed by atoms with van der Waals surface area (Å²) < 4.78 is 6.94. The molecule has 0 N–H and O–H groups in total. The normalized spacial score (nSPS) is 28.7. The lowest BCUT2D eigenvalue weighted by Crippen LogP contribution is -2.43. The number of fused-ring (bicyclic) bond motifs is 2. The summed E-state index contributed by atoms with van der Waals surface area (Å²) >= 11 is 0. The molecule has 2 aliphatic carbocycles. The van der Waals surface area contributed by atoms with Crippen molar-refractivity contribution in [2.24, 2.45) is 22.7 Å². The minimum Gasteiger partial charge on any atom is -0.490 e. The predicted octanol–water partition coefficient (Wildman–Crippen LogP) is 7.65. The number of aryl methyl sites for hydroxylation is 1. The molecule has 0 aromatic heterocycles. The highest BCUT2D eigenvalue weighted by molar-refractivity contribution is 5.37.